The molecule has 0 bridgehead atoms. The molecule has 2 aliphatic heterocycles. The second-order valence-corrected chi connectivity index (χ2v) is 9.48. The average Bonchev–Trinajstić information content (AvgIpc) is 2.92. The van der Waals surface area contributed by atoms with Crippen LogP contribution in [0.1, 0.15) is 11.1 Å². The third kappa shape index (κ3) is 6.00. The first-order valence-corrected chi connectivity index (χ1v) is 12.6. The Kier molecular flexibility index (Phi) is 8.37. The third-order valence-electron chi connectivity index (χ3n) is 6.88. The zero-order valence-electron chi connectivity index (χ0n) is 21.0. The molecule has 2 saturated heterocycles. The van der Waals surface area contributed by atoms with Crippen LogP contribution in [0.25, 0.3) is 0 Å². The molecule has 5 N–H and O–H groups in total. The lowest BCUT2D eigenvalue weighted by atomic mass is 10.00. The highest BCUT2D eigenvalue weighted by Gasteiger charge is 2.43. The summed E-state index contributed by atoms with van der Waals surface area (Å²) in [5.41, 5.74) is 13.3. The Morgan fingerprint density at radius 3 is 2.05 bits per heavy atom. The highest BCUT2D eigenvalue weighted by atomic mass is 16.2. The van der Waals surface area contributed by atoms with E-state index in [0.717, 1.165) is 16.0 Å². The summed E-state index contributed by atoms with van der Waals surface area (Å²) < 4.78 is 0. The van der Waals surface area contributed by atoms with Crippen molar-refractivity contribution in [3.05, 3.63) is 71.8 Å². The summed E-state index contributed by atoms with van der Waals surface area (Å²) in [6.07, 6.45) is 0.519. The first-order chi connectivity index (χ1) is 18.3. The van der Waals surface area contributed by atoms with Gasteiger partial charge in [-0.15, -0.1) is 0 Å². The predicted molar refractivity (Wildman–Crippen MR) is 138 cm³/mol. The lowest BCUT2D eigenvalue weighted by Gasteiger charge is -2.42. The smallest absolute Gasteiger partial charge is 0.252 e. The summed E-state index contributed by atoms with van der Waals surface area (Å²) in [6, 6.07) is 15.3. The third-order valence-corrected chi connectivity index (χ3v) is 6.88. The van der Waals surface area contributed by atoms with Crippen LogP contribution in [0.3, 0.4) is 0 Å². The van der Waals surface area contributed by atoms with E-state index in [1.165, 1.54) is 9.80 Å². The fraction of sp³-hybridized carbons (Fsp3) is 0.370. The van der Waals surface area contributed by atoms with Crippen molar-refractivity contribution in [2.24, 2.45) is 11.5 Å². The number of carbonyl (C=O) groups excluding carboxylic acids is 5. The number of nitrogens with two attached hydrogens (primary N) is 2. The number of hydrogen-bond donors (Lipinski definition) is 3. The summed E-state index contributed by atoms with van der Waals surface area (Å²) >= 11 is 0. The highest BCUT2D eigenvalue weighted by Crippen LogP contribution is 2.19. The Morgan fingerprint density at radius 2 is 1.47 bits per heavy atom. The van der Waals surface area contributed by atoms with Gasteiger partial charge in [0.05, 0.1) is 12.6 Å². The fourth-order valence-electron chi connectivity index (χ4n) is 4.94. The Labute approximate surface area is 220 Å². The number of rotatable bonds is 8. The van der Waals surface area contributed by atoms with Gasteiger partial charge in [0.15, 0.2) is 6.04 Å². The van der Waals surface area contributed by atoms with Gasteiger partial charge in [-0.3, -0.25) is 24.0 Å². The number of nitrogens with zero attached hydrogens (tertiary/aromatic N) is 3. The van der Waals surface area contributed by atoms with E-state index in [1.807, 2.05) is 60.7 Å². The summed E-state index contributed by atoms with van der Waals surface area (Å²) in [5, 5.41) is 2.55. The van der Waals surface area contributed by atoms with E-state index in [1.54, 1.807) is 0 Å². The van der Waals surface area contributed by atoms with Crippen molar-refractivity contribution in [2.45, 2.75) is 31.0 Å². The number of nitrogens with one attached hydrogen (secondary N) is 1. The summed E-state index contributed by atoms with van der Waals surface area (Å²) in [4.78, 5) is 68.5. The molecule has 3 atom stereocenters. The van der Waals surface area contributed by atoms with Crippen LogP contribution < -0.4 is 16.8 Å². The van der Waals surface area contributed by atoms with Gasteiger partial charge in [0.1, 0.15) is 6.04 Å². The average molecular weight is 521 g/mol. The summed E-state index contributed by atoms with van der Waals surface area (Å²) in [5.74, 6) is -2.88. The van der Waals surface area contributed by atoms with Gasteiger partial charge in [0.2, 0.25) is 23.6 Å². The van der Waals surface area contributed by atoms with Gasteiger partial charge >= 0.3 is 0 Å². The molecule has 2 aliphatic rings. The minimum absolute atomic E-state index is 0.0877. The molecule has 0 aliphatic carbocycles. The standard InChI is InChI=1S/C27H32N6O5/c28-20(15-18-7-3-1-4-8-18)26(37)31-13-14-32(22(34)17-31)21(16-19-9-5-2-6-10-19)27(38)33-12-11-30-25(36)23(33)24(29)35/h1-10,20-21,23H,11-17,28H2,(H2,29,35)(H,30,36)/t20-,21-,23?/m0/s1. The van der Waals surface area contributed by atoms with Gasteiger partial charge in [-0.2, -0.15) is 0 Å². The van der Waals surface area contributed by atoms with Gasteiger partial charge < -0.3 is 31.5 Å². The van der Waals surface area contributed by atoms with Crippen LogP contribution in [0.15, 0.2) is 60.7 Å². The molecule has 38 heavy (non-hydrogen) atoms. The number of piperazine rings is 2. The minimum Gasteiger partial charge on any atom is -0.367 e. The lowest BCUT2D eigenvalue weighted by Crippen LogP contribution is -2.67. The Balaban J connectivity index is 1.51. The first-order valence-electron chi connectivity index (χ1n) is 12.6. The quantitative estimate of drug-likeness (QED) is 0.365. The van der Waals surface area contributed by atoms with Gasteiger partial charge in [-0.25, -0.2) is 0 Å². The molecule has 0 saturated carbocycles. The lowest BCUT2D eigenvalue weighted by molar-refractivity contribution is -0.157. The van der Waals surface area contributed by atoms with Crippen LogP contribution in [0.5, 0.6) is 0 Å². The van der Waals surface area contributed by atoms with Crippen LogP contribution in [0.2, 0.25) is 0 Å². The van der Waals surface area contributed by atoms with Crippen LogP contribution in [-0.4, -0.2) is 95.1 Å². The fourth-order valence-corrected chi connectivity index (χ4v) is 4.94. The van der Waals surface area contributed by atoms with Crippen molar-refractivity contribution in [3.63, 3.8) is 0 Å². The molecule has 5 amide bonds. The molecule has 4 rings (SSSR count). The second kappa shape index (κ2) is 11.9. The van der Waals surface area contributed by atoms with Crippen molar-refractivity contribution in [1.82, 2.24) is 20.0 Å². The maximum Gasteiger partial charge on any atom is 0.252 e. The Morgan fingerprint density at radius 1 is 0.868 bits per heavy atom. The normalized spacial score (nSPS) is 19.5. The first kappa shape index (κ1) is 26.8. The van der Waals surface area contributed by atoms with Crippen molar-refractivity contribution in [3.8, 4) is 0 Å². The van der Waals surface area contributed by atoms with Gasteiger partial charge in [0, 0.05) is 32.6 Å². The number of primary amides is 1. The summed E-state index contributed by atoms with van der Waals surface area (Å²) in [6.45, 7) is 0.338. The molecular weight excluding hydrogens is 488 g/mol. The zero-order valence-corrected chi connectivity index (χ0v) is 21.0. The molecule has 0 radical (unpaired) electrons. The topological polar surface area (TPSA) is 159 Å². The van der Waals surface area contributed by atoms with Crippen molar-refractivity contribution < 1.29 is 24.0 Å². The molecule has 0 spiro atoms. The van der Waals surface area contributed by atoms with Crippen LogP contribution >= 0.6 is 0 Å². The maximum atomic E-state index is 13.8. The van der Waals surface area contributed by atoms with Gasteiger partial charge in [-0.1, -0.05) is 60.7 Å². The molecule has 1 unspecified atom stereocenters. The Hall–Kier alpha value is -4.25. The molecule has 11 nitrogen and oxygen atoms in total. The Bertz CT molecular complexity index is 1190. The molecular formula is C27H32N6O5. The van der Waals surface area contributed by atoms with E-state index in [2.05, 4.69) is 5.32 Å². The zero-order chi connectivity index (χ0) is 27.2. The maximum absolute atomic E-state index is 13.8. The van der Waals surface area contributed by atoms with Crippen molar-refractivity contribution >= 4 is 29.5 Å². The van der Waals surface area contributed by atoms with E-state index in [-0.39, 0.29) is 45.1 Å². The molecule has 2 heterocycles. The van der Waals surface area contributed by atoms with E-state index in [4.69, 9.17) is 11.5 Å². The van der Waals surface area contributed by atoms with Crippen LogP contribution in [0.4, 0.5) is 0 Å². The second-order valence-electron chi connectivity index (χ2n) is 9.48. The van der Waals surface area contributed by atoms with E-state index < -0.39 is 41.8 Å². The summed E-state index contributed by atoms with van der Waals surface area (Å²) in [7, 11) is 0. The molecule has 200 valence electrons. The molecule has 11 heteroatoms. The van der Waals surface area contributed by atoms with Crippen molar-refractivity contribution in [1.29, 1.82) is 0 Å². The SMILES string of the molecule is NC(=O)C1C(=O)NCCN1C(=O)[C@H](Cc1ccccc1)N1CCN(C(=O)[C@@H](N)Cc2ccccc2)CC1=O. The number of amides is 5. The van der Waals surface area contributed by atoms with Crippen LogP contribution in [0, 0.1) is 0 Å². The van der Waals surface area contributed by atoms with E-state index in [0.29, 0.717) is 6.42 Å². The minimum atomic E-state index is -1.46. The molecule has 2 aromatic carbocycles. The molecule has 2 aromatic rings. The number of benzene rings is 2. The van der Waals surface area contributed by atoms with Crippen molar-refractivity contribution in [2.75, 3.05) is 32.7 Å². The van der Waals surface area contributed by atoms with E-state index in [9.17, 15) is 24.0 Å². The van der Waals surface area contributed by atoms with Crippen LogP contribution in [-0.2, 0) is 36.8 Å². The number of carbonyl (C=O) groups is 5. The highest BCUT2D eigenvalue weighted by molar-refractivity contribution is 6.07. The van der Waals surface area contributed by atoms with Gasteiger partial charge in [-0.05, 0) is 17.5 Å². The predicted octanol–water partition coefficient (Wildman–Crippen LogP) is -1.35. The monoisotopic (exact) mass is 520 g/mol. The molecule has 0 aromatic heterocycles. The largest absolute Gasteiger partial charge is 0.367 e. The van der Waals surface area contributed by atoms with E-state index >= 15 is 0 Å². The molecule has 2 fully saturated rings. The van der Waals surface area contributed by atoms with Gasteiger partial charge in [0.25, 0.3) is 5.91 Å². The number of hydrogen-bond acceptors (Lipinski definition) is 6.